The number of para-hydroxylation sites is 1. The summed E-state index contributed by atoms with van der Waals surface area (Å²) in [5, 5.41) is 6.01. The lowest BCUT2D eigenvalue weighted by molar-refractivity contribution is -0.121. The van der Waals surface area contributed by atoms with Gasteiger partial charge >= 0.3 is 0 Å². The molecule has 3 N–H and O–H groups in total. The molecule has 7 nitrogen and oxygen atoms in total. The van der Waals surface area contributed by atoms with E-state index in [4.69, 9.17) is 0 Å². The van der Waals surface area contributed by atoms with Gasteiger partial charge in [-0.3, -0.25) is 14.4 Å². The molecule has 0 atom stereocenters. The summed E-state index contributed by atoms with van der Waals surface area (Å²) in [7, 11) is 0. The van der Waals surface area contributed by atoms with E-state index in [9.17, 15) is 14.4 Å². The minimum atomic E-state index is -0.209. The van der Waals surface area contributed by atoms with Crippen molar-refractivity contribution in [1.82, 2.24) is 20.6 Å². The third kappa shape index (κ3) is 5.01. The summed E-state index contributed by atoms with van der Waals surface area (Å²) in [5.74, 6) is 0.133. The van der Waals surface area contributed by atoms with Crippen LogP contribution in [0.3, 0.4) is 0 Å². The maximum atomic E-state index is 12.0. The quantitative estimate of drug-likeness (QED) is 0.551. The van der Waals surface area contributed by atoms with E-state index in [1.54, 1.807) is 42.5 Å². The van der Waals surface area contributed by atoms with Crippen molar-refractivity contribution in [2.45, 2.75) is 12.8 Å². The largest absolute Gasteiger partial charge is 0.354 e. The highest BCUT2D eigenvalue weighted by Gasteiger charge is 2.07. The fourth-order valence-electron chi connectivity index (χ4n) is 2.64. The molecular formula is C20H20N4O3. The first-order valence-corrected chi connectivity index (χ1v) is 8.71. The van der Waals surface area contributed by atoms with Crippen molar-refractivity contribution in [2.75, 3.05) is 13.1 Å². The first-order chi connectivity index (χ1) is 13.1. The molecule has 3 aromatic rings. The lowest BCUT2D eigenvalue weighted by Gasteiger charge is -2.07. The summed E-state index contributed by atoms with van der Waals surface area (Å²) in [5.41, 5.74) is 0.982. The molecule has 0 radical (unpaired) electrons. The maximum absolute atomic E-state index is 12.0. The molecule has 0 fully saturated rings. The van der Waals surface area contributed by atoms with Crippen LogP contribution in [-0.4, -0.2) is 34.9 Å². The Kier molecular flexibility index (Phi) is 5.94. The van der Waals surface area contributed by atoms with Crippen LogP contribution in [0.25, 0.3) is 10.9 Å². The van der Waals surface area contributed by atoms with E-state index in [0.717, 1.165) is 0 Å². The zero-order valence-corrected chi connectivity index (χ0v) is 14.7. The maximum Gasteiger partial charge on any atom is 0.258 e. The molecule has 27 heavy (non-hydrogen) atoms. The zero-order chi connectivity index (χ0) is 19.1. The molecule has 7 heteroatoms. The summed E-state index contributed by atoms with van der Waals surface area (Å²) in [6, 6.07) is 16.0. The van der Waals surface area contributed by atoms with E-state index in [1.807, 2.05) is 12.1 Å². The van der Waals surface area contributed by atoms with Crippen molar-refractivity contribution < 1.29 is 9.59 Å². The first-order valence-electron chi connectivity index (χ1n) is 8.71. The Labute approximate surface area is 155 Å². The van der Waals surface area contributed by atoms with E-state index in [-0.39, 0.29) is 23.8 Å². The van der Waals surface area contributed by atoms with Crippen LogP contribution in [0.2, 0.25) is 0 Å². The highest BCUT2D eigenvalue weighted by Crippen LogP contribution is 2.06. The number of nitrogens with one attached hydrogen (secondary N) is 3. The first kappa shape index (κ1) is 18.3. The number of aromatic amines is 1. The van der Waals surface area contributed by atoms with Crippen LogP contribution in [0.4, 0.5) is 0 Å². The van der Waals surface area contributed by atoms with Crippen molar-refractivity contribution >= 4 is 22.7 Å². The number of carbonyl (C=O) groups is 2. The molecule has 0 saturated heterocycles. The second-order valence-electron chi connectivity index (χ2n) is 6.00. The zero-order valence-electron chi connectivity index (χ0n) is 14.7. The molecule has 0 aliphatic heterocycles. The summed E-state index contributed by atoms with van der Waals surface area (Å²) >= 11 is 0. The Balaban J connectivity index is 1.42. The Morgan fingerprint density at radius 2 is 1.63 bits per heavy atom. The molecule has 2 amide bonds. The fraction of sp³-hybridized carbons (Fsp3) is 0.200. The molecule has 0 aliphatic carbocycles. The van der Waals surface area contributed by atoms with Crippen LogP contribution in [0, 0.1) is 0 Å². The van der Waals surface area contributed by atoms with Gasteiger partial charge in [-0.1, -0.05) is 30.3 Å². The van der Waals surface area contributed by atoms with Gasteiger partial charge in [0.1, 0.15) is 5.82 Å². The second-order valence-corrected chi connectivity index (χ2v) is 6.00. The Hall–Kier alpha value is -3.48. The van der Waals surface area contributed by atoms with Crippen molar-refractivity contribution in [2.24, 2.45) is 0 Å². The molecule has 2 aromatic carbocycles. The number of aromatic nitrogens is 2. The molecule has 0 aliphatic rings. The average Bonchev–Trinajstić information content (AvgIpc) is 2.70. The number of hydrogen-bond acceptors (Lipinski definition) is 4. The predicted molar refractivity (Wildman–Crippen MR) is 102 cm³/mol. The van der Waals surface area contributed by atoms with Crippen LogP contribution in [0.1, 0.15) is 22.6 Å². The molecular weight excluding hydrogens is 344 g/mol. The van der Waals surface area contributed by atoms with Gasteiger partial charge in [0.25, 0.3) is 11.5 Å². The molecule has 1 aromatic heterocycles. The van der Waals surface area contributed by atoms with Gasteiger partial charge in [-0.25, -0.2) is 4.98 Å². The van der Waals surface area contributed by atoms with Crippen LogP contribution in [-0.2, 0) is 11.2 Å². The third-order valence-corrected chi connectivity index (χ3v) is 4.02. The summed E-state index contributed by atoms with van der Waals surface area (Å²) in [6.07, 6.45) is 0.538. The van der Waals surface area contributed by atoms with Crippen molar-refractivity contribution in [3.63, 3.8) is 0 Å². The van der Waals surface area contributed by atoms with Gasteiger partial charge < -0.3 is 15.6 Å². The van der Waals surface area contributed by atoms with E-state index in [2.05, 4.69) is 20.6 Å². The number of carbonyl (C=O) groups excluding carboxylic acids is 2. The van der Waals surface area contributed by atoms with Gasteiger partial charge in [-0.2, -0.15) is 0 Å². The van der Waals surface area contributed by atoms with Crippen LogP contribution >= 0.6 is 0 Å². The van der Waals surface area contributed by atoms with Crippen LogP contribution in [0.15, 0.2) is 59.4 Å². The molecule has 3 rings (SSSR count). The van der Waals surface area contributed by atoms with E-state index < -0.39 is 0 Å². The summed E-state index contributed by atoms with van der Waals surface area (Å²) < 4.78 is 0. The number of nitrogens with zero attached hydrogens (tertiary/aromatic N) is 1. The molecule has 0 bridgehead atoms. The fourth-order valence-corrected chi connectivity index (χ4v) is 2.64. The Morgan fingerprint density at radius 3 is 2.44 bits per heavy atom. The molecule has 0 spiro atoms. The van der Waals surface area contributed by atoms with Gasteiger partial charge in [0, 0.05) is 31.5 Å². The average molecular weight is 364 g/mol. The number of benzene rings is 2. The number of fused-ring (bicyclic) bond motifs is 1. The normalized spacial score (nSPS) is 10.5. The minimum absolute atomic E-state index is 0.167. The molecule has 138 valence electrons. The van der Waals surface area contributed by atoms with Gasteiger partial charge in [0.05, 0.1) is 10.9 Å². The number of H-pyrrole nitrogens is 1. The van der Waals surface area contributed by atoms with Gasteiger partial charge in [0.2, 0.25) is 5.91 Å². The minimum Gasteiger partial charge on any atom is -0.354 e. The van der Waals surface area contributed by atoms with Crippen molar-refractivity contribution in [3.05, 3.63) is 76.3 Å². The number of aryl methyl sites for hydroxylation is 1. The Morgan fingerprint density at radius 1 is 0.926 bits per heavy atom. The van der Waals surface area contributed by atoms with Gasteiger partial charge in [-0.05, 0) is 24.3 Å². The van der Waals surface area contributed by atoms with E-state index in [1.165, 1.54) is 0 Å². The SMILES string of the molecule is O=C(CCc1nc2ccccc2c(=O)[nH]1)NCCNC(=O)c1ccccc1. The highest BCUT2D eigenvalue weighted by atomic mass is 16.2. The Bertz CT molecular complexity index is 999. The van der Waals surface area contributed by atoms with Crippen molar-refractivity contribution in [1.29, 1.82) is 0 Å². The number of amides is 2. The van der Waals surface area contributed by atoms with Gasteiger partial charge in [0.15, 0.2) is 0 Å². The second kappa shape index (κ2) is 8.75. The molecule has 1 heterocycles. The predicted octanol–water partition coefficient (Wildman–Crippen LogP) is 1.40. The van der Waals surface area contributed by atoms with Crippen LogP contribution < -0.4 is 16.2 Å². The number of hydrogen-bond donors (Lipinski definition) is 3. The smallest absolute Gasteiger partial charge is 0.258 e. The van der Waals surface area contributed by atoms with Crippen molar-refractivity contribution in [3.8, 4) is 0 Å². The lowest BCUT2D eigenvalue weighted by atomic mass is 10.2. The topological polar surface area (TPSA) is 104 Å². The van der Waals surface area contributed by atoms with Gasteiger partial charge in [-0.15, -0.1) is 0 Å². The molecule has 0 saturated carbocycles. The van der Waals surface area contributed by atoms with E-state index >= 15 is 0 Å². The monoisotopic (exact) mass is 364 g/mol. The lowest BCUT2D eigenvalue weighted by Crippen LogP contribution is -2.34. The summed E-state index contributed by atoms with van der Waals surface area (Å²) in [6.45, 7) is 0.670. The van der Waals surface area contributed by atoms with Crippen LogP contribution in [0.5, 0.6) is 0 Å². The summed E-state index contributed by atoms with van der Waals surface area (Å²) in [4.78, 5) is 42.9. The highest BCUT2D eigenvalue weighted by molar-refractivity contribution is 5.94. The number of rotatable bonds is 7. The standard InChI is InChI=1S/C20H20N4O3/c25-18(21-12-13-22-19(26)14-6-2-1-3-7-14)11-10-17-23-16-9-5-4-8-15(16)20(27)24-17/h1-9H,10-13H2,(H,21,25)(H,22,26)(H,23,24,27). The third-order valence-electron chi connectivity index (χ3n) is 4.02. The van der Waals surface area contributed by atoms with E-state index in [0.29, 0.717) is 41.8 Å². The molecule has 0 unspecified atom stereocenters.